The van der Waals surface area contributed by atoms with E-state index in [1.165, 1.54) is 0 Å². The molecule has 19 heavy (non-hydrogen) atoms. The summed E-state index contributed by atoms with van der Waals surface area (Å²) < 4.78 is 29.5. The van der Waals surface area contributed by atoms with E-state index in [4.69, 9.17) is 4.74 Å². The minimum absolute atomic E-state index is 0.0997. The van der Waals surface area contributed by atoms with Gasteiger partial charge in [0.25, 0.3) is 0 Å². The molecule has 2 rings (SSSR count). The third kappa shape index (κ3) is 3.35. The van der Waals surface area contributed by atoms with Gasteiger partial charge in [0.05, 0.1) is 16.8 Å². The topological polar surface area (TPSA) is 55.4 Å². The summed E-state index contributed by atoms with van der Waals surface area (Å²) in [6.45, 7) is 5.41. The number of benzene rings is 1. The van der Waals surface area contributed by atoms with Crippen LogP contribution < -0.4 is 5.32 Å². The lowest BCUT2D eigenvalue weighted by Crippen LogP contribution is -2.34. The lowest BCUT2D eigenvalue weighted by atomic mass is 10.0. The van der Waals surface area contributed by atoms with E-state index in [1.54, 1.807) is 12.1 Å². The molecule has 0 spiro atoms. The number of hydrogen-bond donors (Lipinski definition) is 1. The van der Waals surface area contributed by atoms with Crippen LogP contribution in [0.15, 0.2) is 29.2 Å². The van der Waals surface area contributed by atoms with Gasteiger partial charge in [0.2, 0.25) is 0 Å². The quantitative estimate of drug-likeness (QED) is 0.897. The van der Waals surface area contributed by atoms with Crippen LogP contribution in [0.2, 0.25) is 0 Å². The highest BCUT2D eigenvalue weighted by molar-refractivity contribution is 7.91. The maximum atomic E-state index is 12.0. The molecule has 0 aliphatic carbocycles. The standard InChI is InChI=1S/C14H21NO3S/c1-3-18-11(2)10-15-13-8-9-19(16,17)14-7-5-4-6-12(13)14/h4-7,11,13,15H,3,8-10H2,1-2H3. The Morgan fingerprint density at radius 1 is 1.42 bits per heavy atom. The Kier molecular flexibility index (Phi) is 4.60. The van der Waals surface area contributed by atoms with Gasteiger partial charge < -0.3 is 10.1 Å². The van der Waals surface area contributed by atoms with Crippen LogP contribution in [0.5, 0.6) is 0 Å². The molecular formula is C14H21NO3S. The fourth-order valence-electron chi connectivity index (χ4n) is 2.45. The molecule has 1 aromatic rings. The zero-order chi connectivity index (χ0) is 13.9. The number of nitrogens with one attached hydrogen (secondary N) is 1. The second-order valence-corrected chi connectivity index (χ2v) is 6.95. The van der Waals surface area contributed by atoms with Gasteiger partial charge in [0.1, 0.15) is 0 Å². The number of fused-ring (bicyclic) bond motifs is 1. The molecule has 106 valence electrons. The summed E-state index contributed by atoms with van der Waals surface area (Å²) in [5.41, 5.74) is 0.887. The minimum atomic E-state index is -3.10. The van der Waals surface area contributed by atoms with Crippen LogP contribution >= 0.6 is 0 Å². The molecule has 2 atom stereocenters. The average molecular weight is 283 g/mol. The molecule has 0 saturated carbocycles. The van der Waals surface area contributed by atoms with E-state index in [0.717, 1.165) is 12.1 Å². The van der Waals surface area contributed by atoms with Gasteiger partial charge in [-0.1, -0.05) is 18.2 Å². The fraction of sp³-hybridized carbons (Fsp3) is 0.571. The van der Waals surface area contributed by atoms with E-state index < -0.39 is 9.84 Å². The Hall–Kier alpha value is -0.910. The zero-order valence-corrected chi connectivity index (χ0v) is 12.2. The van der Waals surface area contributed by atoms with Gasteiger partial charge >= 0.3 is 0 Å². The molecule has 1 aromatic carbocycles. The van der Waals surface area contributed by atoms with Crippen LogP contribution in [-0.2, 0) is 14.6 Å². The molecule has 0 amide bonds. The normalized spacial score (nSPS) is 22.7. The second-order valence-electron chi connectivity index (χ2n) is 4.87. The van der Waals surface area contributed by atoms with Crippen molar-refractivity contribution >= 4 is 9.84 Å². The number of rotatable bonds is 5. The first-order valence-electron chi connectivity index (χ1n) is 6.71. The molecule has 5 heteroatoms. The van der Waals surface area contributed by atoms with Gasteiger partial charge in [-0.2, -0.15) is 0 Å². The third-order valence-corrected chi connectivity index (χ3v) is 5.22. The maximum Gasteiger partial charge on any atom is 0.178 e. The molecule has 0 fully saturated rings. The second kappa shape index (κ2) is 6.03. The zero-order valence-electron chi connectivity index (χ0n) is 11.4. The number of sulfone groups is 1. The van der Waals surface area contributed by atoms with Gasteiger partial charge in [-0.3, -0.25) is 0 Å². The Bertz CT molecular complexity index is 527. The predicted octanol–water partition coefficient (Wildman–Crippen LogP) is 1.92. The fourth-order valence-corrected chi connectivity index (χ4v) is 4.08. The molecule has 0 saturated heterocycles. The van der Waals surface area contributed by atoms with Crippen LogP contribution in [-0.4, -0.2) is 33.4 Å². The third-order valence-electron chi connectivity index (χ3n) is 3.41. The minimum Gasteiger partial charge on any atom is -0.377 e. The summed E-state index contributed by atoms with van der Waals surface area (Å²) in [5, 5.41) is 3.41. The van der Waals surface area contributed by atoms with Crippen LogP contribution in [0.25, 0.3) is 0 Å². The van der Waals surface area contributed by atoms with Crippen LogP contribution in [0, 0.1) is 0 Å². The van der Waals surface area contributed by atoms with Crippen LogP contribution in [0.3, 0.4) is 0 Å². The van der Waals surface area contributed by atoms with E-state index in [9.17, 15) is 8.42 Å². The first kappa shape index (κ1) is 14.5. The summed E-state index contributed by atoms with van der Waals surface area (Å²) >= 11 is 0. The largest absolute Gasteiger partial charge is 0.377 e. The number of ether oxygens (including phenoxy) is 1. The molecule has 0 bridgehead atoms. The summed E-state index contributed by atoms with van der Waals surface area (Å²) in [5.74, 6) is 0.213. The molecule has 1 aliphatic heterocycles. The highest BCUT2D eigenvalue weighted by atomic mass is 32.2. The Morgan fingerprint density at radius 2 is 2.16 bits per heavy atom. The lowest BCUT2D eigenvalue weighted by molar-refractivity contribution is 0.0737. The van der Waals surface area contributed by atoms with Crippen molar-refractivity contribution in [3.8, 4) is 0 Å². The van der Waals surface area contributed by atoms with E-state index in [0.29, 0.717) is 17.9 Å². The SMILES string of the molecule is CCOC(C)CNC1CCS(=O)(=O)c2ccccc21. The van der Waals surface area contributed by atoms with E-state index in [2.05, 4.69) is 5.32 Å². The smallest absolute Gasteiger partial charge is 0.178 e. The van der Waals surface area contributed by atoms with Crippen molar-refractivity contribution in [2.45, 2.75) is 37.3 Å². The Balaban J connectivity index is 2.12. The van der Waals surface area contributed by atoms with Gasteiger partial charge in [-0.05, 0) is 31.9 Å². The van der Waals surface area contributed by atoms with Gasteiger partial charge in [-0.25, -0.2) is 8.42 Å². The van der Waals surface area contributed by atoms with Gasteiger partial charge in [0, 0.05) is 19.2 Å². The highest BCUT2D eigenvalue weighted by Gasteiger charge is 2.29. The first-order chi connectivity index (χ1) is 9.04. The first-order valence-corrected chi connectivity index (χ1v) is 8.36. The molecule has 1 aliphatic rings. The van der Waals surface area contributed by atoms with Crippen molar-refractivity contribution < 1.29 is 13.2 Å². The number of hydrogen-bond acceptors (Lipinski definition) is 4. The molecular weight excluding hydrogens is 262 g/mol. The van der Waals surface area contributed by atoms with Crippen molar-refractivity contribution in [1.29, 1.82) is 0 Å². The highest BCUT2D eigenvalue weighted by Crippen LogP contribution is 2.31. The van der Waals surface area contributed by atoms with E-state index in [1.807, 2.05) is 26.0 Å². The van der Waals surface area contributed by atoms with Crippen molar-refractivity contribution in [3.63, 3.8) is 0 Å². The molecule has 2 unspecified atom stereocenters. The lowest BCUT2D eigenvalue weighted by Gasteiger charge is -2.27. The van der Waals surface area contributed by atoms with Gasteiger partial charge in [0.15, 0.2) is 9.84 Å². The monoisotopic (exact) mass is 283 g/mol. The van der Waals surface area contributed by atoms with Crippen molar-refractivity contribution in [3.05, 3.63) is 29.8 Å². The summed E-state index contributed by atoms with van der Waals surface area (Å²) in [6.07, 6.45) is 0.758. The Morgan fingerprint density at radius 3 is 2.89 bits per heavy atom. The molecule has 0 aromatic heterocycles. The van der Waals surface area contributed by atoms with Crippen molar-refractivity contribution in [1.82, 2.24) is 5.32 Å². The predicted molar refractivity (Wildman–Crippen MR) is 74.9 cm³/mol. The van der Waals surface area contributed by atoms with Crippen molar-refractivity contribution in [2.24, 2.45) is 0 Å². The van der Waals surface area contributed by atoms with Crippen LogP contribution in [0.4, 0.5) is 0 Å². The summed E-state index contributed by atoms with van der Waals surface area (Å²) in [7, 11) is -3.10. The summed E-state index contributed by atoms with van der Waals surface area (Å²) in [4.78, 5) is 0.475. The molecule has 4 nitrogen and oxygen atoms in total. The van der Waals surface area contributed by atoms with Crippen LogP contribution in [0.1, 0.15) is 31.9 Å². The average Bonchev–Trinajstić information content (AvgIpc) is 2.38. The molecule has 1 heterocycles. The molecule has 1 N–H and O–H groups in total. The van der Waals surface area contributed by atoms with Crippen molar-refractivity contribution in [2.75, 3.05) is 18.9 Å². The Labute approximate surface area is 115 Å². The molecule has 0 radical (unpaired) electrons. The maximum absolute atomic E-state index is 12.0. The summed E-state index contributed by atoms with van der Waals surface area (Å²) in [6, 6.07) is 7.36. The van der Waals surface area contributed by atoms with Gasteiger partial charge in [-0.15, -0.1) is 0 Å². The van der Waals surface area contributed by atoms with E-state index in [-0.39, 0.29) is 17.9 Å². The van der Waals surface area contributed by atoms with E-state index >= 15 is 0 Å².